The van der Waals surface area contributed by atoms with Gasteiger partial charge in [0, 0.05) is 58.3 Å². The lowest BCUT2D eigenvalue weighted by Crippen LogP contribution is -2.53. The number of rotatable bonds is 6. The standard InChI is InChI=1S/C22H35N5O/c1-22(2,3)20(28)24-12-13-25-21(23-4)27-17-15-26(16-18-27)14-8-11-19-9-6-5-7-10-19/h5-11H,12-18H2,1-4H3,(H,23,25)(H,24,28)/b11-8+. The topological polar surface area (TPSA) is 60.0 Å². The average Bonchev–Trinajstić information content (AvgIpc) is 2.69. The fourth-order valence-corrected chi connectivity index (χ4v) is 2.99. The van der Waals surface area contributed by atoms with Crippen LogP contribution in [0.1, 0.15) is 26.3 Å². The van der Waals surface area contributed by atoms with Crippen molar-refractivity contribution in [2.24, 2.45) is 10.4 Å². The lowest BCUT2D eigenvalue weighted by atomic mass is 9.96. The van der Waals surface area contributed by atoms with Gasteiger partial charge in [-0.3, -0.25) is 14.7 Å². The van der Waals surface area contributed by atoms with Gasteiger partial charge in [0.05, 0.1) is 0 Å². The van der Waals surface area contributed by atoms with E-state index in [1.165, 1.54) is 5.56 Å². The molecule has 6 nitrogen and oxygen atoms in total. The molecule has 28 heavy (non-hydrogen) atoms. The van der Waals surface area contributed by atoms with Crippen molar-refractivity contribution in [3.8, 4) is 0 Å². The first-order valence-electron chi connectivity index (χ1n) is 10.1. The highest BCUT2D eigenvalue weighted by Gasteiger charge is 2.21. The first-order valence-corrected chi connectivity index (χ1v) is 10.1. The lowest BCUT2D eigenvalue weighted by Gasteiger charge is -2.36. The van der Waals surface area contributed by atoms with Crippen molar-refractivity contribution in [3.05, 3.63) is 42.0 Å². The Labute approximate surface area is 169 Å². The molecule has 154 valence electrons. The molecule has 1 saturated heterocycles. The van der Waals surface area contributed by atoms with Crippen LogP contribution in [0.3, 0.4) is 0 Å². The molecule has 0 radical (unpaired) electrons. The molecule has 1 aromatic carbocycles. The van der Waals surface area contributed by atoms with E-state index in [1.54, 1.807) is 0 Å². The Morgan fingerprint density at radius 2 is 1.71 bits per heavy atom. The minimum Gasteiger partial charge on any atom is -0.354 e. The zero-order valence-corrected chi connectivity index (χ0v) is 17.7. The van der Waals surface area contributed by atoms with Gasteiger partial charge in [-0.15, -0.1) is 0 Å². The number of hydrogen-bond donors (Lipinski definition) is 2. The van der Waals surface area contributed by atoms with Gasteiger partial charge >= 0.3 is 0 Å². The van der Waals surface area contributed by atoms with Gasteiger partial charge in [0.25, 0.3) is 0 Å². The molecule has 2 rings (SSSR count). The molecule has 2 N–H and O–H groups in total. The van der Waals surface area contributed by atoms with E-state index in [0.29, 0.717) is 13.1 Å². The molecule has 0 bridgehead atoms. The van der Waals surface area contributed by atoms with Crippen LogP contribution in [0, 0.1) is 5.41 Å². The van der Waals surface area contributed by atoms with Gasteiger partial charge in [-0.1, -0.05) is 63.3 Å². The Kier molecular flexibility index (Phi) is 8.51. The molecule has 0 aromatic heterocycles. The Morgan fingerprint density at radius 1 is 1.07 bits per heavy atom. The van der Waals surface area contributed by atoms with Crippen LogP contribution in [-0.4, -0.2) is 74.5 Å². The second kappa shape index (κ2) is 10.9. The quantitative estimate of drug-likeness (QED) is 0.447. The monoisotopic (exact) mass is 385 g/mol. The van der Waals surface area contributed by atoms with Crippen molar-refractivity contribution in [2.45, 2.75) is 20.8 Å². The molecule has 0 spiro atoms. The highest BCUT2D eigenvalue weighted by Crippen LogP contribution is 2.11. The molecule has 6 heteroatoms. The third-order valence-corrected chi connectivity index (χ3v) is 4.73. The number of piperazine rings is 1. The summed E-state index contributed by atoms with van der Waals surface area (Å²) < 4.78 is 0. The van der Waals surface area contributed by atoms with Crippen molar-refractivity contribution in [3.63, 3.8) is 0 Å². The molecule has 0 unspecified atom stereocenters. The second-order valence-corrected chi connectivity index (χ2v) is 8.08. The molecule has 1 fully saturated rings. The summed E-state index contributed by atoms with van der Waals surface area (Å²) in [6, 6.07) is 10.4. The van der Waals surface area contributed by atoms with Gasteiger partial charge in [0.1, 0.15) is 0 Å². The van der Waals surface area contributed by atoms with Gasteiger partial charge in [-0.2, -0.15) is 0 Å². The van der Waals surface area contributed by atoms with Crippen LogP contribution in [-0.2, 0) is 4.79 Å². The van der Waals surface area contributed by atoms with Crippen LogP contribution in [0.15, 0.2) is 41.4 Å². The average molecular weight is 386 g/mol. The van der Waals surface area contributed by atoms with Gasteiger partial charge in [-0.25, -0.2) is 0 Å². The minimum absolute atomic E-state index is 0.0708. The largest absolute Gasteiger partial charge is 0.354 e. The number of amides is 1. The summed E-state index contributed by atoms with van der Waals surface area (Å²) in [6.45, 7) is 11.9. The number of nitrogens with zero attached hydrogens (tertiary/aromatic N) is 3. The van der Waals surface area contributed by atoms with Crippen LogP contribution >= 0.6 is 0 Å². The maximum atomic E-state index is 11.9. The predicted molar refractivity (Wildman–Crippen MR) is 117 cm³/mol. The smallest absolute Gasteiger partial charge is 0.225 e. The molecule has 1 amide bonds. The molecule has 1 aliphatic rings. The van der Waals surface area contributed by atoms with Crippen molar-refractivity contribution >= 4 is 17.9 Å². The molecular weight excluding hydrogens is 350 g/mol. The summed E-state index contributed by atoms with van der Waals surface area (Å²) in [5.41, 5.74) is 0.886. The number of hydrogen-bond acceptors (Lipinski definition) is 3. The van der Waals surface area contributed by atoms with Crippen molar-refractivity contribution in [1.82, 2.24) is 20.4 Å². The normalized spacial score (nSPS) is 16.4. The summed E-state index contributed by atoms with van der Waals surface area (Å²) in [7, 11) is 1.81. The number of guanidine groups is 1. The third kappa shape index (κ3) is 7.35. The van der Waals surface area contributed by atoms with E-state index in [-0.39, 0.29) is 11.3 Å². The Morgan fingerprint density at radius 3 is 2.32 bits per heavy atom. The van der Waals surface area contributed by atoms with E-state index in [1.807, 2.05) is 33.9 Å². The fraction of sp³-hybridized carbons (Fsp3) is 0.545. The van der Waals surface area contributed by atoms with E-state index >= 15 is 0 Å². The number of benzene rings is 1. The summed E-state index contributed by atoms with van der Waals surface area (Å²) in [5, 5.41) is 6.31. The maximum Gasteiger partial charge on any atom is 0.225 e. The molecule has 1 aromatic rings. The van der Waals surface area contributed by atoms with Crippen LogP contribution in [0.4, 0.5) is 0 Å². The van der Waals surface area contributed by atoms with Crippen LogP contribution < -0.4 is 10.6 Å². The molecule has 0 saturated carbocycles. The minimum atomic E-state index is -0.354. The Balaban J connectivity index is 1.67. The highest BCUT2D eigenvalue weighted by molar-refractivity contribution is 5.82. The van der Waals surface area contributed by atoms with Crippen LogP contribution in [0.2, 0.25) is 0 Å². The first kappa shape index (κ1) is 22.0. The van der Waals surface area contributed by atoms with Gasteiger partial charge in [0.2, 0.25) is 5.91 Å². The predicted octanol–water partition coefficient (Wildman–Crippen LogP) is 2.06. The highest BCUT2D eigenvalue weighted by atomic mass is 16.2. The van der Waals surface area contributed by atoms with E-state index in [0.717, 1.165) is 38.7 Å². The van der Waals surface area contributed by atoms with E-state index in [2.05, 4.69) is 61.8 Å². The lowest BCUT2D eigenvalue weighted by molar-refractivity contribution is -0.128. The SMILES string of the molecule is CN=C(NCCNC(=O)C(C)(C)C)N1CCN(C/C=C/c2ccccc2)CC1. The number of aliphatic imine (C=N–C) groups is 1. The molecular formula is C22H35N5O. The Hall–Kier alpha value is -2.34. The van der Waals surface area contributed by atoms with E-state index in [4.69, 9.17) is 0 Å². The zero-order valence-electron chi connectivity index (χ0n) is 17.7. The molecule has 1 heterocycles. The van der Waals surface area contributed by atoms with Crippen molar-refractivity contribution in [2.75, 3.05) is 52.9 Å². The number of carbonyl (C=O) groups excluding carboxylic acids is 1. The van der Waals surface area contributed by atoms with Crippen LogP contribution in [0.25, 0.3) is 6.08 Å². The van der Waals surface area contributed by atoms with Gasteiger partial charge < -0.3 is 15.5 Å². The van der Waals surface area contributed by atoms with Crippen molar-refractivity contribution < 1.29 is 4.79 Å². The summed E-state index contributed by atoms with van der Waals surface area (Å²) >= 11 is 0. The van der Waals surface area contributed by atoms with Crippen LogP contribution in [0.5, 0.6) is 0 Å². The number of carbonyl (C=O) groups is 1. The second-order valence-electron chi connectivity index (χ2n) is 8.08. The number of nitrogens with one attached hydrogen (secondary N) is 2. The maximum absolute atomic E-state index is 11.9. The summed E-state index contributed by atoms with van der Waals surface area (Å²) in [5.74, 6) is 0.978. The Bertz CT molecular complexity index is 655. The molecule has 1 aliphatic heterocycles. The van der Waals surface area contributed by atoms with Gasteiger partial charge in [-0.05, 0) is 5.56 Å². The zero-order chi connectivity index (χ0) is 20.4. The van der Waals surface area contributed by atoms with E-state index in [9.17, 15) is 4.79 Å². The first-order chi connectivity index (χ1) is 13.4. The molecule has 0 atom stereocenters. The fourth-order valence-electron chi connectivity index (χ4n) is 2.99. The van der Waals surface area contributed by atoms with Crippen molar-refractivity contribution in [1.29, 1.82) is 0 Å². The summed E-state index contributed by atoms with van der Waals surface area (Å²) in [6.07, 6.45) is 4.41. The van der Waals surface area contributed by atoms with E-state index < -0.39 is 0 Å². The molecule has 0 aliphatic carbocycles. The van der Waals surface area contributed by atoms with Gasteiger partial charge in [0.15, 0.2) is 5.96 Å². The summed E-state index contributed by atoms with van der Waals surface area (Å²) in [4.78, 5) is 21.0. The third-order valence-electron chi connectivity index (χ3n) is 4.73.